The van der Waals surface area contributed by atoms with E-state index < -0.39 is 0 Å². The molecular formula is C20H23NO4. The first kappa shape index (κ1) is 18.5. The smallest absolute Gasteiger partial charge is 0.189 e. The molecule has 5 nitrogen and oxygen atoms in total. The van der Waals surface area contributed by atoms with Crippen LogP contribution in [0.3, 0.4) is 0 Å². The summed E-state index contributed by atoms with van der Waals surface area (Å²) < 4.78 is 0. The molecule has 0 atom stereocenters. The average Bonchev–Trinajstić information content (AvgIpc) is 2.61. The number of hydrogen-bond donors (Lipinski definition) is 3. The van der Waals surface area contributed by atoms with E-state index in [1.165, 1.54) is 30.3 Å². The second kappa shape index (κ2) is 8.35. The zero-order valence-corrected chi connectivity index (χ0v) is 14.4. The minimum absolute atomic E-state index is 0.0246. The van der Waals surface area contributed by atoms with Crippen LogP contribution in [0.1, 0.15) is 35.3 Å². The Hall–Kier alpha value is -2.79. The van der Waals surface area contributed by atoms with E-state index in [2.05, 4.69) is 0 Å². The van der Waals surface area contributed by atoms with Crippen molar-refractivity contribution in [1.82, 2.24) is 4.90 Å². The summed E-state index contributed by atoms with van der Waals surface area (Å²) in [6, 6.07) is 9.28. The third-order valence-corrected chi connectivity index (χ3v) is 4.12. The maximum absolute atomic E-state index is 12.4. The van der Waals surface area contributed by atoms with Gasteiger partial charge in [0.2, 0.25) is 0 Å². The standard InChI is InChI=1S/C20H23NO4/c1-3-21(4-2)13-17-19(24)12-10-16(20(17)25)18(23)11-7-14-5-8-15(22)9-6-14/h5-12,22,24-25H,3-4,13H2,1-2H3/b11-7+. The van der Waals surface area contributed by atoms with E-state index in [9.17, 15) is 20.1 Å². The second-order valence-electron chi connectivity index (χ2n) is 5.71. The molecule has 0 saturated heterocycles. The molecule has 0 unspecified atom stereocenters. The van der Waals surface area contributed by atoms with Crippen LogP contribution in [0, 0.1) is 0 Å². The highest BCUT2D eigenvalue weighted by Crippen LogP contribution is 2.32. The molecular weight excluding hydrogens is 318 g/mol. The molecule has 3 N–H and O–H groups in total. The first-order valence-electron chi connectivity index (χ1n) is 8.23. The molecule has 132 valence electrons. The van der Waals surface area contributed by atoms with Gasteiger partial charge in [-0.15, -0.1) is 0 Å². The van der Waals surface area contributed by atoms with Gasteiger partial charge in [-0.25, -0.2) is 0 Å². The van der Waals surface area contributed by atoms with Crippen LogP contribution in [0.2, 0.25) is 0 Å². The molecule has 25 heavy (non-hydrogen) atoms. The lowest BCUT2D eigenvalue weighted by Gasteiger charge is -2.20. The number of aromatic hydroxyl groups is 3. The fourth-order valence-electron chi connectivity index (χ4n) is 2.50. The van der Waals surface area contributed by atoms with Gasteiger partial charge in [-0.1, -0.05) is 32.1 Å². The van der Waals surface area contributed by atoms with Crippen molar-refractivity contribution in [2.75, 3.05) is 13.1 Å². The number of nitrogens with zero attached hydrogens (tertiary/aromatic N) is 1. The predicted octanol–water partition coefficient (Wildman–Crippen LogP) is 3.54. The van der Waals surface area contributed by atoms with Gasteiger partial charge in [0.05, 0.1) is 11.1 Å². The first-order valence-corrected chi connectivity index (χ1v) is 8.23. The van der Waals surface area contributed by atoms with E-state index in [-0.39, 0.29) is 28.6 Å². The van der Waals surface area contributed by atoms with Crippen molar-refractivity contribution < 1.29 is 20.1 Å². The number of rotatable bonds is 7. The number of phenols is 3. The Morgan fingerprint density at radius 2 is 1.64 bits per heavy atom. The normalized spacial score (nSPS) is 11.3. The molecule has 2 rings (SSSR count). The van der Waals surface area contributed by atoms with E-state index in [0.29, 0.717) is 12.1 Å². The van der Waals surface area contributed by atoms with Gasteiger partial charge in [-0.3, -0.25) is 9.69 Å². The number of hydrogen-bond acceptors (Lipinski definition) is 5. The van der Waals surface area contributed by atoms with Crippen molar-refractivity contribution in [3.8, 4) is 17.2 Å². The van der Waals surface area contributed by atoms with Crippen LogP contribution < -0.4 is 0 Å². The molecule has 2 aromatic rings. The number of benzene rings is 2. The summed E-state index contributed by atoms with van der Waals surface area (Å²) in [7, 11) is 0. The summed E-state index contributed by atoms with van der Waals surface area (Å²) in [5, 5.41) is 29.7. The van der Waals surface area contributed by atoms with Crippen molar-refractivity contribution in [2.45, 2.75) is 20.4 Å². The number of carbonyl (C=O) groups is 1. The predicted molar refractivity (Wildman–Crippen MR) is 97.9 cm³/mol. The zero-order chi connectivity index (χ0) is 18.4. The SMILES string of the molecule is CCN(CC)Cc1c(O)ccc(C(=O)/C=C/c2ccc(O)cc2)c1O. The Morgan fingerprint density at radius 3 is 2.24 bits per heavy atom. The molecule has 0 aliphatic carbocycles. The van der Waals surface area contributed by atoms with E-state index in [4.69, 9.17) is 0 Å². The minimum Gasteiger partial charge on any atom is -0.508 e. The van der Waals surface area contributed by atoms with E-state index in [0.717, 1.165) is 18.7 Å². The topological polar surface area (TPSA) is 81.0 Å². The van der Waals surface area contributed by atoms with Crippen LogP contribution in [0.15, 0.2) is 42.5 Å². The summed E-state index contributed by atoms with van der Waals surface area (Å²) >= 11 is 0. The van der Waals surface area contributed by atoms with Gasteiger partial charge < -0.3 is 15.3 Å². The van der Waals surface area contributed by atoms with Gasteiger partial charge >= 0.3 is 0 Å². The molecule has 0 aliphatic heterocycles. The number of phenolic OH excluding ortho intramolecular Hbond substituents is 3. The largest absolute Gasteiger partial charge is 0.508 e. The Morgan fingerprint density at radius 1 is 1.00 bits per heavy atom. The Balaban J connectivity index is 2.26. The van der Waals surface area contributed by atoms with Gasteiger partial charge in [-0.2, -0.15) is 0 Å². The van der Waals surface area contributed by atoms with E-state index >= 15 is 0 Å². The van der Waals surface area contributed by atoms with Crippen molar-refractivity contribution >= 4 is 11.9 Å². The minimum atomic E-state index is -0.355. The van der Waals surface area contributed by atoms with Crippen LogP contribution >= 0.6 is 0 Å². The fraction of sp³-hybridized carbons (Fsp3) is 0.250. The quantitative estimate of drug-likeness (QED) is 0.530. The maximum Gasteiger partial charge on any atom is 0.189 e. The lowest BCUT2D eigenvalue weighted by molar-refractivity contribution is 0.104. The van der Waals surface area contributed by atoms with Crippen molar-refractivity contribution in [1.29, 1.82) is 0 Å². The van der Waals surface area contributed by atoms with Crippen LogP contribution in [0.5, 0.6) is 17.2 Å². The third-order valence-electron chi connectivity index (χ3n) is 4.12. The van der Waals surface area contributed by atoms with Gasteiger partial charge in [0, 0.05) is 6.54 Å². The number of ketones is 1. The first-order chi connectivity index (χ1) is 12.0. The third kappa shape index (κ3) is 4.61. The molecule has 0 radical (unpaired) electrons. The Labute approximate surface area is 147 Å². The lowest BCUT2D eigenvalue weighted by atomic mass is 10.0. The average molecular weight is 341 g/mol. The Kier molecular flexibility index (Phi) is 6.19. The van der Waals surface area contributed by atoms with Crippen LogP contribution in [0.25, 0.3) is 6.08 Å². The van der Waals surface area contributed by atoms with Crippen LogP contribution in [-0.4, -0.2) is 39.1 Å². The van der Waals surface area contributed by atoms with Crippen molar-refractivity contribution in [3.05, 3.63) is 59.2 Å². The van der Waals surface area contributed by atoms with Gasteiger partial charge in [-0.05, 0) is 49.0 Å². The molecule has 2 aromatic carbocycles. The molecule has 0 saturated carbocycles. The Bertz CT molecular complexity index is 762. The van der Waals surface area contributed by atoms with Crippen LogP contribution in [0.4, 0.5) is 0 Å². The second-order valence-corrected chi connectivity index (χ2v) is 5.71. The number of carbonyl (C=O) groups excluding carboxylic acids is 1. The maximum atomic E-state index is 12.4. The molecule has 5 heteroatoms. The molecule has 0 bridgehead atoms. The summed E-state index contributed by atoms with van der Waals surface area (Å²) in [6.07, 6.45) is 2.97. The molecule has 0 heterocycles. The van der Waals surface area contributed by atoms with Crippen molar-refractivity contribution in [2.24, 2.45) is 0 Å². The van der Waals surface area contributed by atoms with Gasteiger partial charge in [0.1, 0.15) is 17.2 Å². The molecule has 0 amide bonds. The number of allylic oxidation sites excluding steroid dienone is 1. The van der Waals surface area contributed by atoms with E-state index in [1.54, 1.807) is 18.2 Å². The zero-order valence-electron chi connectivity index (χ0n) is 14.4. The van der Waals surface area contributed by atoms with Gasteiger partial charge in [0.15, 0.2) is 5.78 Å². The highest BCUT2D eigenvalue weighted by Gasteiger charge is 2.17. The fourth-order valence-corrected chi connectivity index (χ4v) is 2.50. The van der Waals surface area contributed by atoms with E-state index in [1.807, 2.05) is 18.7 Å². The molecule has 0 aromatic heterocycles. The summed E-state index contributed by atoms with van der Waals surface area (Å²) in [4.78, 5) is 14.4. The van der Waals surface area contributed by atoms with Crippen molar-refractivity contribution in [3.63, 3.8) is 0 Å². The highest BCUT2D eigenvalue weighted by molar-refractivity contribution is 6.09. The summed E-state index contributed by atoms with van der Waals surface area (Å²) in [5.74, 6) is -0.414. The highest BCUT2D eigenvalue weighted by atomic mass is 16.3. The molecule has 0 aliphatic rings. The van der Waals surface area contributed by atoms with Gasteiger partial charge in [0.25, 0.3) is 0 Å². The molecule has 0 fully saturated rings. The summed E-state index contributed by atoms with van der Waals surface area (Å²) in [5.41, 5.74) is 1.26. The lowest BCUT2D eigenvalue weighted by Crippen LogP contribution is -2.22. The molecule has 0 spiro atoms. The summed E-state index contributed by atoms with van der Waals surface area (Å²) in [6.45, 7) is 5.90. The monoisotopic (exact) mass is 341 g/mol. The van der Waals surface area contributed by atoms with Crippen LogP contribution in [-0.2, 0) is 6.54 Å².